The highest BCUT2D eigenvalue weighted by atomic mass is 35.5. The van der Waals surface area contributed by atoms with Crippen molar-refractivity contribution in [3.8, 4) is 17.6 Å². The molecule has 0 bridgehead atoms. The van der Waals surface area contributed by atoms with Crippen LogP contribution in [0.3, 0.4) is 0 Å². The summed E-state index contributed by atoms with van der Waals surface area (Å²) >= 11 is 6.00. The number of hydrogen-bond donors (Lipinski definition) is 1. The number of benzene rings is 2. The molecule has 1 N–H and O–H groups in total. The van der Waals surface area contributed by atoms with Crippen LogP contribution in [0.5, 0.6) is 11.5 Å². The van der Waals surface area contributed by atoms with E-state index < -0.39 is 22.3 Å². The fourth-order valence-electron chi connectivity index (χ4n) is 2.23. The zero-order valence-electron chi connectivity index (χ0n) is 14.3. The van der Waals surface area contributed by atoms with Gasteiger partial charge in [0.15, 0.2) is 0 Å². The lowest BCUT2D eigenvalue weighted by Crippen LogP contribution is -2.14. The molecule has 0 saturated carbocycles. The first-order valence-electron chi connectivity index (χ1n) is 7.50. The van der Waals surface area contributed by atoms with Crippen molar-refractivity contribution < 1.29 is 19.6 Å². The Labute approximate surface area is 159 Å². The van der Waals surface area contributed by atoms with Gasteiger partial charge in [-0.05, 0) is 42.3 Å². The number of carbonyl (C=O) groups is 1. The van der Waals surface area contributed by atoms with Gasteiger partial charge in [-0.3, -0.25) is 14.9 Å². The zero-order chi connectivity index (χ0) is 20.1. The molecule has 0 unspecified atom stereocenters. The fraction of sp³-hybridized carbons (Fsp3) is 0.111. The van der Waals surface area contributed by atoms with E-state index in [2.05, 4.69) is 5.32 Å². The molecular weight excluding hydrogens is 374 g/mol. The van der Waals surface area contributed by atoms with Crippen LogP contribution in [0.4, 0.5) is 11.4 Å². The maximum Gasteiger partial charge on any atom is 0.266 e. The lowest BCUT2D eigenvalue weighted by molar-refractivity contribution is -0.398. The third kappa shape index (κ3) is 4.34. The summed E-state index contributed by atoms with van der Waals surface area (Å²) in [6, 6.07) is 8.83. The van der Waals surface area contributed by atoms with E-state index in [1.807, 2.05) is 0 Å². The van der Waals surface area contributed by atoms with Crippen molar-refractivity contribution >= 4 is 35.0 Å². The standard InChI is InChI=1S/C18H14ClN3O5/c1-10-13(19)4-3-5-14(10)21-18(24)12(9-20)6-11-7-15(22(25)26)17(23)16(8-11)27-2/h3-8,23H,1-2H3,(H,21,24)/p-1/b12-6+. The van der Waals surface area contributed by atoms with Crippen molar-refractivity contribution in [2.24, 2.45) is 0 Å². The molecule has 0 fully saturated rings. The molecule has 27 heavy (non-hydrogen) atoms. The summed E-state index contributed by atoms with van der Waals surface area (Å²) in [5.41, 5.74) is 0.117. The van der Waals surface area contributed by atoms with E-state index in [4.69, 9.17) is 16.3 Å². The zero-order valence-corrected chi connectivity index (χ0v) is 15.0. The third-order valence-electron chi connectivity index (χ3n) is 3.67. The lowest BCUT2D eigenvalue weighted by Gasteiger charge is -2.13. The number of nitrogens with zero attached hydrogens (tertiary/aromatic N) is 2. The van der Waals surface area contributed by atoms with Gasteiger partial charge in [-0.15, -0.1) is 0 Å². The Bertz CT molecular complexity index is 995. The van der Waals surface area contributed by atoms with Gasteiger partial charge in [-0.1, -0.05) is 17.7 Å². The molecule has 0 atom stereocenters. The largest absolute Gasteiger partial charge is 0.865 e. The number of rotatable bonds is 5. The van der Waals surface area contributed by atoms with Crippen molar-refractivity contribution in [1.29, 1.82) is 5.26 Å². The summed E-state index contributed by atoms with van der Waals surface area (Å²) in [5, 5.41) is 35.2. The summed E-state index contributed by atoms with van der Waals surface area (Å²) in [5.74, 6) is -1.88. The second-order valence-corrected chi connectivity index (χ2v) is 5.77. The van der Waals surface area contributed by atoms with Gasteiger partial charge in [0.1, 0.15) is 17.4 Å². The molecule has 0 aliphatic rings. The second kappa shape index (κ2) is 8.21. The van der Waals surface area contributed by atoms with Crippen LogP contribution in [0, 0.1) is 28.4 Å². The topological polar surface area (TPSA) is 128 Å². The summed E-state index contributed by atoms with van der Waals surface area (Å²) < 4.78 is 4.83. The summed E-state index contributed by atoms with van der Waals surface area (Å²) in [7, 11) is 1.19. The van der Waals surface area contributed by atoms with Crippen LogP contribution < -0.4 is 15.2 Å². The highest BCUT2D eigenvalue weighted by molar-refractivity contribution is 6.31. The molecule has 2 aromatic carbocycles. The number of amides is 1. The molecule has 2 rings (SSSR count). The Morgan fingerprint density at radius 2 is 2.11 bits per heavy atom. The molecule has 138 valence electrons. The predicted molar refractivity (Wildman–Crippen MR) is 97.5 cm³/mol. The number of nitro groups is 1. The molecule has 0 aliphatic carbocycles. The number of ether oxygens (including phenoxy) is 1. The van der Waals surface area contributed by atoms with Crippen LogP contribution in [0.2, 0.25) is 5.02 Å². The molecule has 2 aromatic rings. The van der Waals surface area contributed by atoms with Gasteiger partial charge in [0.2, 0.25) is 0 Å². The molecule has 0 heterocycles. The Kier molecular flexibility index (Phi) is 6.00. The average molecular weight is 387 g/mol. The smallest absolute Gasteiger partial charge is 0.266 e. The highest BCUT2D eigenvalue weighted by Crippen LogP contribution is 2.35. The Morgan fingerprint density at radius 1 is 1.41 bits per heavy atom. The molecule has 0 aromatic heterocycles. The summed E-state index contributed by atoms with van der Waals surface area (Å²) in [6.07, 6.45) is 1.13. The van der Waals surface area contributed by atoms with E-state index in [9.17, 15) is 25.3 Å². The van der Waals surface area contributed by atoms with Crippen molar-refractivity contribution in [2.45, 2.75) is 6.92 Å². The van der Waals surface area contributed by atoms with E-state index in [0.29, 0.717) is 16.3 Å². The first kappa shape index (κ1) is 19.8. The van der Waals surface area contributed by atoms with Gasteiger partial charge in [-0.25, -0.2) is 0 Å². The van der Waals surface area contributed by atoms with Crippen LogP contribution in [0.1, 0.15) is 11.1 Å². The maximum atomic E-state index is 12.4. The maximum absolute atomic E-state index is 12.4. The van der Waals surface area contributed by atoms with Gasteiger partial charge in [0.05, 0.1) is 12.0 Å². The molecular formula is C18H13ClN3O5-. The number of nitriles is 1. The number of carbonyl (C=O) groups excluding carboxylic acids is 1. The molecule has 0 radical (unpaired) electrons. The molecule has 9 heteroatoms. The monoisotopic (exact) mass is 386 g/mol. The number of anilines is 1. The number of halogens is 1. The van der Waals surface area contributed by atoms with Crippen LogP contribution in [0.15, 0.2) is 35.9 Å². The normalized spacial score (nSPS) is 10.8. The molecule has 0 saturated heterocycles. The van der Waals surface area contributed by atoms with Gasteiger partial charge in [0.25, 0.3) is 11.6 Å². The van der Waals surface area contributed by atoms with Gasteiger partial charge in [-0.2, -0.15) is 5.26 Å². The fourth-order valence-corrected chi connectivity index (χ4v) is 2.40. The molecule has 0 spiro atoms. The lowest BCUT2D eigenvalue weighted by atomic mass is 10.1. The SMILES string of the molecule is COc1cc(/C=C(\C#N)C(=O)Nc2cccc(Cl)c2C)cc([N+](=O)[O-])c1[O-]. The van der Waals surface area contributed by atoms with Crippen LogP contribution in [0.25, 0.3) is 6.08 Å². The van der Waals surface area contributed by atoms with Gasteiger partial charge >= 0.3 is 0 Å². The van der Waals surface area contributed by atoms with Crippen LogP contribution >= 0.6 is 11.6 Å². The number of methoxy groups -OCH3 is 1. The molecule has 1 amide bonds. The first-order valence-corrected chi connectivity index (χ1v) is 7.88. The summed E-state index contributed by atoms with van der Waals surface area (Å²) in [6.45, 7) is 1.70. The minimum Gasteiger partial charge on any atom is -0.865 e. The van der Waals surface area contributed by atoms with E-state index in [0.717, 1.165) is 12.1 Å². The van der Waals surface area contributed by atoms with E-state index in [-0.39, 0.29) is 16.9 Å². The van der Waals surface area contributed by atoms with E-state index in [1.54, 1.807) is 31.2 Å². The van der Waals surface area contributed by atoms with Crippen molar-refractivity contribution in [1.82, 2.24) is 0 Å². The van der Waals surface area contributed by atoms with Gasteiger partial charge in [0, 0.05) is 22.5 Å². The van der Waals surface area contributed by atoms with Crippen molar-refractivity contribution in [3.05, 3.63) is 62.2 Å². The van der Waals surface area contributed by atoms with Crippen LogP contribution in [-0.4, -0.2) is 17.9 Å². The first-order chi connectivity index (χ1) is 12.8. The number of nitrogens with one attached hydrogen (secondary N) is 1. The Hall–Kier alpha value is -3.57. The van der Waals surface area contributed by atoms with E-state index in [1.165, 1.54) is 13.2 Å². The predicted octanol–water partition coefficient (Wildman–Crippen LogP) is 3.18. The van der Waals surface area contributed by atoms with Crippen molar-refractivity contribution in [2.75, 3.05) is 12.4 Å². The minimum absolute atomic E-state index is 0.104. The third-order valence-corrected chi connectivity index (χ3v) is 4.08. The molecule has 0 aliphatic heterocycles. The Balaban J connectivity index is 2.42. The second-order valence-electron chi connectivity index (χ2n) is 5.36. The highest BCUT2D eigenvalue weighted by Gasteiger charge is 2.16. The Morgan fingerprint density at radius 3 is 2.70 bits per heavy atom. The summed E-state index contributed by atoms with van der Waals surface area (Å²) in [4.78, 5) is 22.5. The van der Waals surface area contributed by atoms with E-state index >= 15 is 0 Å². The average Bonchev–Trinajstić information content (AvgIpc) is 2.64. The number of hydrogen-bond acceptors (Lipinski definition) is 6. The van der Waals surface area contributed by atoms with Crippen LogP contribution in [-0.2, 0) is 4.79 Å². The number of nitro benzene ring substituents is 1. The van der Waals surface area contributed by atoms with Gasteiger partial charge < -0.3 is 15.2 Å². The minimum atomic E-state index is -0.892. The van der Waals surface area contributed by atoms with Crippen molar-refractivity contribution in [3.63, 3.8) is 0 Å². The molecule has 8 nitrogen and oxygen atoms in total. The quantitative estimate of drug-likeness (QED) is 0.363.